The molecule has 7 heteroatoms. The molecule has 0 aromatic heterocycles. The first-order chi connectivity index (χ1) is 10.4. The molecule has 116 valence electrons. The van der Waals surface area contributed by atoms with Gasteiger partial charge in [-0.3, -0.25) is 9.10 Å². The summed E-state index contributed by atoms with van der Waals surface area (Å²) in [6.45, 7) is -0.282. The van der Waals surface area contributed by atoms with E-state index in [2.05, 4.69) is 21.2 Å². The first-order valence-electron chi connectivity index (χ1n) is 6.49. The number of likely N-dealkylation sites (N-methyl/N-ethyl adjacent to an activating group) is 1. The van der Waals surface area contributed by atoms with Crippen LogP contribution in [0.15, 0.2) is 64.0 Å². The minimum atomic E-state index is -3.81. The number of rotatable bonds is 5. The number of anilines is 1. The Kier molecular flexibility index (Phi) is 5.20. The van der Waals surface area contributed by atoms with Crippen molar-refractivity contribution in [3.05, 3.63) is 59.1 Å². The van der Waals surface area contributed by atoms with Crippen LogP contribution in [0.5, 0.6) is 0 Å². The summed E-state index contributed by atoms with van der Waals surface area (Å²) in [7, 11) is -2.35. The predicted molar refractivity (Wildman–Crippen MR) is 89.2 cm³/mol. The molecule has 22 heavy (non-hydrogen) atoms. The van der Waals surface area contributed by atoms with Crippen LogP contribution >= 0.6 is 15.9 Å². The van der Waals surface area contributed by atoms with Gasteiger partial charge in [-0.2, -0.15) is 0 Å². The van der Waals surface area contributed by atoms with E-state index in [4.69, 9.17) is 0 Å². The molecule has 0 spiro atoms. The van der Waals surface area contributed by atoms with E-state index in [9.17, 15) is 13.2 Å². The van der Waals surface area contributed by atoms with Gasteiger partial charge >= 0.3 is 0 Å². The minimum Gasteiger partial charge on any atom is -0.358 e. The zero-order valence-corrected chi connectivity index (χ0v) is 14.3. The topological polar surface area (TPSA) is 66.5 Å². The fraction of sp³-hybridized carbons (Fsp3) is 0.133. The summed E-state index contributed by atoms with van der Waals surface area (Å²) in [5.74, 6) is -0.387. The van der Waals surface area contributed by atoms with Gasteiger partial charge in [0.25, 0.3) is 10.0 Å². The van der Waals surface area contributed by atoms with Gasteiger partial charge in [-0.05, 0) is 36.4 Å². The van der Waals surface area contributed by atoms with Crippen molar-refractivity contribution >= 4 is 37.5 Å². The zero-order valence-electron chi connectivity index (χ0n) is 11.9. The average molecular weight is 383 g/mol. The summed E-state index contributed by atoms with van der Waals surface area (Å²) in [6.07, 6.45) is 0. The van der Waals surface area contributed by atoms with Gasteiger partial charge in [-0.25, -0.2) is 8.42 Å². The van der Waals surface area contributed by atoms with E-state index >= 15 is 0 Å². The molecule has 1 N–H and O–H groups in total. The molecule has 0 aliphatic carbocycles. The Balaban J connectivity index is 2.48. The van der Waals surface area contributed by atoms with E-state index in [0.29, 0.717) is 5.69 Å². The highest BCUT2D eigenvalue weighted by atomic mass is 79.9. The standard InChI is InChI=1S/C15H15BrN2O3S/c1-17-15(19)11-18(13-9-7-12(16)8-10-13)22(20,21)14-5-3-2-4-6-14/h2-10H,11H2,1H3,(H,17,19). The molecule has 2 aromatic rings. The van der Waals surface area contributed by atoms with Crippen LogP contribution in [0.3, 0.4) is 0 Å². The van der Waals surface area contributed by atoms with E-state index < -0.39 is 10.0 Å². The fourth-order valence-electron chi connectivity index (χ4n) is 1.85. The second-order valence-corrected chi connectivity index (χ2v) is 7.25. The van der Waals surface area contributed by atoms with Gasteiger partial charge in [-0.15, -0.1) is 0 Å². The molecule has 1 amide bonds. The van der Waals surface area contributed by atoms with Crippen LogP contribution in [-0.4, -0.2) is 27.9 Å². The van der Waals surface area contributed by atoms with Crippen LogP contribution in [0.1, 0.15) is 0 Å². The number of hydrogen-bond acceptors (Lipinski definition) is 3. The van der Waals surface area contributed by atoms with Crippen LogP contribution in [0.4, 0.5) is 5.69 Å². The highest BCUT2D eigenvalue weighted by Gasteiger charge is 2.26. The normalized spacial score (nSPS) is 11.0. The Bertz CT molecular complexity index is 746. The number of carbonyl (C=O) groups excluding carboxylic acids is 1. The Morgan fingerprint density at radius 2 is 1.68 bits per heavy atom. The van der Waals surface area contributed by atoms with Gasteiger partial charge in [0.05, 0.1) is 10.6 Å². The molecule has 0 saturated heterocycles. The molecule has 2 rings (SSSR count). The van der Waals surface area contributed by atoms with Crippen molar-refractivity contribution in [1.82, 2.24) is 5.32 Å². The minimum absolute atomic E-state index is 0.141. The van der Waals surface area contributed by atoms with Crippen molar-refractivity contribution in [3.8, 4) is 0 Å². The molecular weight excluding hydrogens is 368 g/mol. The third-order valence-electron chi connectivity index (χ3n) is 3.01. The van der Waals surface area contributed by atoms with Gasteiger partial charge < -0.3 is 5.32 Å². The maximum atomic E-state index is 12.8. The van der Waals surface area contributed by atoms with Gasteiger partial charge in [0.2, 0.25) is 5.91 Å². The first kappa shape index (κ1) is 16.5. The highest BCUT2D eigenvalue weighted by molar-refractivity contribution is 9.10. The van der Waals surface area contributed by atoms with Crippen molar-refractivity contribution in [3.63, 3.8) is 0 Å². The molecule has 0 heterocycles. The smallest absolute Gasteiger partial charge is 0.264 e. The lowest BCUT2D eigenvalue weighted by atomic mass is 10.3. The Labute approximate surface area is 138 Å². The van der Waals surface area contributed by atoms with Crippen LogP contribution in [0.2, 0.25) is 0 Å². The van der Waals surface area contributed by atoms with Gasteiger partial charge in [0.1, 0.15) is 6.54 Å². The number of carbonyl (C=O) groups is 1. The quantitative estimate of drug-likeness (QED) is 0.862. The summed E-state index contributed by atoms with van der Waals surface area (Å²) in [4.78, 5) is 11.9. The summed E-state index contributed by atoms with van der Waals surface area (Å²) >= 11 is 3.31. The maximum Gasteiger partial charge on any atom is 0.264 e. The number of benzene rings is 2. The molecule has 0 saturated carbocycles. The third kappa shape index (κ3) is 3.66. The first-order valence-corrected chi connectivity index (χ1v) is 8.72. The summed E-state index contributed by atoms with van der Waals surface area (Å²) in [5, 5.41) is 2.45. The largest absolute Gasteiger partial charge is 0.358 e. The van der Waals surface area contributed by atoms with E-state index in [1.165, 1.54) is 19.2 Å². The number of hydrogen-bond donors (Lipinski definition) is 1. The molecule has 0 radical (unpaired) electrons. The SMILES string of the molecule is CNC(=O)CN(c1ccc(Br)cc1)S(=O)(=O)c1ccccc1. The number of nitrogens with one attached hydrogen (secondary N) is 1. The van der Waals surface area contributed by atoms with Crippen LogP contribution in [0.25, 0.3) is 0 Å². The molecule has 0 bridgehead atoms. The Hall–Kier alpha value is -1.86. The van der Waals surface area contributed by atoms with Crippen molar-refractivity contribution in [2.24, 2.45) is 0 Å². The second-order valence-electron chi connectivity index (χ2n) is 4.47. The van der Waals surface area contributed by atoms with Crippen molar-refractivity contribution < 1.29 is 13.2 Å². The van der Waals surface area contributed by atoms with E-state index in [-0.39, 0.29) is 17.3 Å². The molecule has 0 aliphatic heterocycles. The lowest BCUT2D eigenvalue weighted by Crippen LogP contribution is -2.39. The molecule has 0 unspecified atom stereocenters. The molecule has 0 atom stereocenters. The number of amides is 1. The number of sulfonamides is 1. The summed E-state index contributed by atoms with van der Waals surface area (Å²) < 4.78 is 27.5. The molecule has 0 fully saturated rings. The number of halogens is 1. The number of nitrogens with zero attached hydrogens (tertiary/aromatic N) is 1. The molecule has 2 aromatic carbocycles. The maximum absolute atomic E-state index is 12.8. The molecule has 5 nitrogen and oxygen atoms in total. The lowest BCUT2D eigenvalue weighted by molar-refractivity contribution is -0.119. The predicted octanol–water partition coefficient (Wildman–Crippen LogP) is 2.39. The van der Waals surface area contributed by atoms with Crippen molar-refractivity contribution in [2.45, 2.75) is 4.90 Å². The van der Waals surface area contributed by atoms with E-state index in [1.54, 1.807) is 42.5 Å². The Morgan fingerprint density at radius 1 is 1.09 bits per heavy atom. The summed E-state index contributed by atoms with van der Waals surface area (Å²) in [5.41, 5.74) is 0.427. The molecule has 0 aliphatic rings. The molecular formula is C15H15BrN2O3S. The van der Waals surface area contributed by atoms with Crippen molar-refractivity contribution in [1.29, 1.82) is 0 Å². The van der Waals surface area contributed by atoms with Gasteiger partial charge in [-0.1, -0.05) is 34.1 Å². The van der Waals surface area contributed by atoms with E-state index in [1.807, 2.05) is 0 Å². The lowest BCUT2D eigenvalue weighted by Gasteiger charge is -2.23. The van der Waals surface area contributed by atoms with Crippen LogP contribution < -0.4 is 9.62 Å². The monoisotopic (exact) mass is 382 g/mol. The van der Waals surface area contributed by atoms with Gasteiger partial charge in [0, 0.05) is 11.5 Å². The zero-order chi connectivity index (χ0) is 16.2. The van der Waals surface area contributed by atoms with Crippen molar-refractivity contribution in [2.75, 3.05) is 17.9 Å². The highest BCUT2D eigenvalue weighted by Crippen LogP contribution is 2.25. The Morgan fingerprint density at radius 3 is 2.23 bits per heavy atom. The second kappa shape index (κ2) is 6.93. The van der Waals surface area contributed by atoms with E-state index in [0.717, 1.165) is 8.78 Å². The summed E-state index contributed by atoms with van der Waals surface area (Å²) in [6, 6.07) is 14.8. The van der Waals surface area contributed by atoms with Crippen LogP contribution in [0, 0.1) is 0 Å². The van der Waals surface area contributed by atoms with Crippen LogP contribution in [-0.2, 0) is 14.8 Å². The third-order valence-corrected chi connectivity index (χ3v) is 5.33. The van der Waals surface area contributed by atoms with Gasteiger partial charge in [0.15, 0.2) is 0 Å². The fourth-order valence-corrected chi connectivity index (χ4v) is 3.56. The average Bonchev–Trinajstić information content (AvgIpc) is 2.54.